The van der Waals surface area contributed by atoms with Gasteiger partial charge in [-0.25, -0.2) is 13.1 Å². The molecular formula is C12H21N3O4S. The molecule has 0 saturated carbocycles. The molecule has 0 saturated heterocycles. The molecule has 1 aromatic rings. The smallest absolute Gasteiger partial charge is 0.287 e. The van der Waals surface area contributed by atoms with Crippen LogP contribution >= 0.6 is 0 Å². The summed E-state index contributed by atoms with van der Waals surface area (Å²) in [6, 6.07) is 2.42. The largest absolute Gasteiger partial charge is 0.438 e. The van der Waals surface area contributed by atoms with Crippen molar-refractivity contribution in [2.45, 2.75) is 37.3 Å². The fourth-order valence-electron chi connectivity index (χ4n) is 1.64. The molecule has 0 radical (unpaired) electrons. The average Bonchev–Trinajstić information content (AvgIpc) is 2.93. The summed E-state index contributed by atoms with van der Waals surface area (Å²) in [6.07, 6.45) is 2.75. The number of furan rings is 1. The Balaban J connectivity index is 2.73. The highest BCUT2D eigenvalue weighted by Gasteiger charge is 2.20. The average molecular weight is 303 g/mol. The van der Waals surface area contributed by atoms with Crippen molar-refractivity contribution in [1.29, 1.82) is 0 Å². The highest BCUT2D eigenvalue weighted by atomic mass is 32.2. The molecule has 1 amide bonds. The predicted molar refractivity (Wildman–Crippen MR) is 74.8 cm³/mol. The fraction of sp³-hybridized carbons (Fsp3) is 0.583. The molecule has 0 aliphatic carbocycles. The van der Waals surface area contributed by atoms with Crippen LogP contribution in [0.4, 0.5) is 0 Å². The molecule has 1 unspecified atom stereocenters. The Morgan fingerprint density at radius 2 is 2.15 bits per heavy atom. The number of nitrogens with one attached hydrogen (secondary N) is 2. The molecule has 20 heavy (non-hydrogen) atoms. The standard InChI is InChI=1S/C12H21N3O4S/c1-3-4-5-9(8-13)15-12(16)10-6-7-11(19-10)20(17,18)14-2/h6-7,9,14H,3-5,8,13H2,1-2H3,(H,15,16). The zero-order valence-electron chi connectivity index (χ0n) is 11.7. The predicted octanol–water partition coefficient (Wildman–Crippen LogP) is 0.435. The Morgan fingerprint density at radius 3 is 2.70 bits per heavy atom. The third-order valence-corrected chi connectivity index (χ3v) is 4.15. The molecule has 8 heteroatoms. The summed E-state index contributed by atoms with van der Waals surface area (Å²) < 4.78 is 30.2. The van der Waals surface area contributed by atoms with Gasteiger partial charge in [-0.3, -0.25) is 4.79 Å². The first kappa shape index (κ1) is 16.7. The summed E-state index contributed by atoms with van der Waals surface area (Å²) in [4.78, 5) is 11.9. The van der Waals surface area contributed by atoms with Crippen LogP contribution in [0.2, 0.25) is 0 Å². The number of sulfonamides is 1. The summed E-state index contributed by atoms with van der Waals surface area (Å²) in [7, 11) is -2.41. The number of nitrogens with two attached hydrogens (primary N) is 1. The van der Waals surface area contributed by atoms with E-state index in [0.717, 1.165) is 19.3 Å². The van der Waals surface area contributed by atoms with Crippen LogP contribution in [0, 0.1) is 0 Å². The molecular weight excluding hydrogens is 282 g/mol. The third-order valence-electron chi connectivity index (χ3n) is 2.86. The lowest BCUT2D eigenvalue weighted by Crippen LogP contribution is -2.40. The van der Waals surface area contributed by atoms with Gasteiger partial charge in [0.15, 0.2) is 5.76 Å². The molecule has 4 N–H and O–H groups in total. The lowest BCUT2D eigenvalue weighted by Gasteiger charge is -2.15. The molecule has 0 aliphatic heterocycles. The van der Waals surface area contributed by atoms with Crippen molar-refractivity contribution in [1.82, 2.24) is 10.0 Å². The van der Waals surface area contributed by atoms with Crippen LogP contribution in [0.25, 0.3) is 0 Å². The van der Waals surface area contributed by atoms with Crippen LogP contribution in [0.5, 0.6) is 0 Å². The monoisotopic (exact) mass is 303 g/mol. The Morgan fingerprint density at radius 1 is 1.45 bits per heavy atom. The van der Waals surface area contributed by atoms with Gasteiger partial charge >= 0.3 is 0 Å². The molecule has 0 aliphatic rings. The van der Waals surface area contributed by atoms with Gasteiger partial charge in [0.05, 0.1) is 0 Å². The minimum Gasteiger partial charge on any atom is -0.438 e. The molecule has 114 valence electrons. The maximum Gasteiger partial charge on any atom is 0.287 e. The molecule has 1 aromatic heterocycles. The van der Waals surface area contributed by atoms with E-state index in [1.54, 1.807) is 0 Å². The van der Waals surface area contributed by atoms with Gasteiger partial charge in [0.2, 0.25) is 5.09 Å². The molecule has 0 bridgehead atoms. The lowest BCUT2D eigenvalue weighted by molar-refractivity contribution is 0.0902. The SMILES string of the molecule is CCCCC(CN)NC(=O)c1ccc(S(=O)(=O)NC)o1. The van der Waals surface area contributed by atoms with Crippen molar-refractivity contribution in [3.63, 3.8) is 0 Å². The van der Waals surface area contributed by atoms with Crippen molar-refractivity contribution in [3.8, 4) is 0 Å². The fourth-order valence-corrected chi connectivity index (χ4v) is 2.29. The van der Waals surface area contributed by atoms with Gasteiger partial charge in [0.1, 0.15) is 0 Å². The molecule has 7 nitrogen and oxygen atoms in total. The van der Waals surface area contributed by atoms with Gasteiger partial charge in [-0.1, -0.05) is 19.8 Å². The van der Waals surface area contributed by atoms with Gasteiger partial charge < -0.3 is 15.5 Å². The van der Waals surface area contributed by atoms with E-state index in [9.17, 15) is 13.2 Å². The Labute approximate surface area is 119 Å². The molecule has 0 spiro atoms. The van der Waals surface area contributed by atoms with E-state index in [-0.39, 0.29) is 16.9 Å². The quantitative estimate of drug-likeness (QED) is 0.644. The molecule has 0 aromatic carbocycles. The van der Waals surface area contributed by atoms with E-state index in [0.29, 0.717) is 6.54 Å². The van der Waals surface area contributed by atoms with E-state index >= 15 is 0 Å². The Bertz CT molecular complexity index is 539. The molecule has 1 atom stereocenters. The zero-order valence-corrected chi connectivity index (χ0v) is 12.5. The zero-order chi connectivity index (χ0) is 15.2. The second-order valence-electron chi connectivity index (χ2n) is 4.37. The van der Waals surface area contributed by atoms with Crippen LogP contribution in [0.3, 0.4) is 0 Å². The first-order chi connectivity index (χ1) is 9.44. The molecule has 1 rings (SSSR count). The number of unbranched alkanes of at least 4 members (excludes halogenated alkanes) is 1. The number of hydrogen-bond donors (Lipinski definition) is 3. The van der Waals surface area contributed by atoms with E-state index in [4.69, 9.17) is 10.2 Å². The summed E-state index contributed by atoms with van der Waals surface area (Å²) in [5.41, 5.74) is 5.58. The van der Waals surface area contributed by atoms with Crippen molar-refractivity contribution < 1.29 is 17.6 Å². The van der Waals surface area contributed by atoms with Gasteiger partial charge in [-0.15, -0.1) is 0 Å². The van der Waals surface area contributed by atoms with Crippen LogP contribution in [0.1, 0.15) is 36.7 Å². The first-order valence-electron chi connectivity index (χ1n) is 6.49. The van der Waals surface area contributed by atoms with E-state index in [1.807, 2.05) is 0 Å². The molecule has 1 heterocycles. The number of amides is 1. The third kappa shape index (κ3) is 4.32. The Kier molecular flexibility index (Phi) is 6.18. The lowest BCUT2D eigenvalue weighted by atomic mass is 10.1. The highest BCUT2D eigenvalue weighted by molar-refractivity contribution is 7.89. The van der Waals surface area contributed by atoms with Gasteiger partial charge in [0, 0.05) is 12.6 Å². The minimum absolute atomic E-state index is 0.0474. The first-order valence-corrected chi connectivity index (χ1v) is 7.97. The number of carbonyl (C=O) groups is 1. The summed E-state index contributed by atoms with van der Waals surface area (Å²) in [5.74, 6) is -0.511. The van der Waals surface area contributed by atoms with Crippen molar-refractivity contribution in [2.24, 2.45) is 5.73 Å². The highest BCUT2D eigenvalue weighted by Crippen LogP contribution is 2.13. The van der Waals surface area contributed by atoms with Gasteiger partial charge in [0.25, 0.3) is 15.9 Å². The molecule has 0 fully saturated rings. The second-order valence-corrected chi connectivity index (χ2v) is 6.19. The van der Waals surface area contributed by atoms with Crippen LogP contribution in [0.15, 0.2) is 21.6 Å². The summed E-state index contributed by atoms with van der Waals surface area (Å²) >= 11 is 0. The van der Waals surface area contributed by atoms with E-state index < -0.39 is 15.9 Å². The second kappa shape index (κ2) is 7.41. The normalized spacial score (nSPS) is 13.2. The van der Waals surface area contributed by atoms with Crippen LogP contribution < -0.4 is 15.8 Å². The van der Waals surface area contributed by atoms with Gasteiger partial charge in [-0.05, 0) is 25.6 Å². The Hall–Kier alpha value is -1.38. The number of carbonyl (C=O) groups excluding carboxylic acids is 1. The van der Waals surface area contributed by atoms with Crippen molar-refractivity contribution in [2.75, 3.05) is 13.6 Å². The number of rotatable bonds is 8. The minimum atomic E-state index is -3.68. The summed E-state index contributed by atoms with van der Waals surface area (Å²) in [5, 5.41) is 2.44. The van der Waals surface area contributed by atoms with Crippen molar-refractivity contribution in [3.05, 3.63) is 17.9 Å². The summed E-state index contributed by atoms with van der Waals surface area (Å²) in [6.45, 7) is 2.38. The number of hydrogen-bond acceptors (Lipinski definition) is 5. The maximum atomic E-state index is 11.9. The van der Waals surface area contributed by atoms with Crippen LogP contribution in [-0.4, -0.2) is 34.0 Å². The topological polar surface area (TPSA) is 114 Å². The van der Waals surface area contributed by atoms with E-state index in [2.05, 4.69) is 17.0 Å². The maximum absolute atomic E-state index is 11.9. The van der Waals surface area contributed by atoms with E-state index in [1.165, 1.54) is 19.2 Å². The van der Waals surface area contributed by atoms with Gasteiger partial charge in [-0.2, -0.15) is 0 Å². The van der Waals surface area contributed by atoms with Crippen LogP contribution in [-0.2, 0) is 10.0 Å². The van der Waals surface area contributed by atoms with Crippen molar-refractivity contribution >= 4 is 15.9 Å².